The quantitative estimate of drug-likeness (QED) is 0.809. The number of nitrogens with zero attached hydrogens (tertiary/aromatic N) is 1. The van der Waals surface area contributed by atoms with Crippen LogP contribution in [0.3, 0.4) is 0 Å². The summed E-state index contributed by atoms with van der Waals surface area (Å²) in [6.45, 7) is 4.58. The molecule has 2 rings (SSSR count). The summed E-state index contributed by atoms with van der Waals surface area (Å²) in [6, 6.07) is -0.141. The largest absolute Gasteiger partial charge is 0.338 e. The van der Waals surface area contributed by atoms with Gasteiger partial charge in [-0.05, 0) is 46.0 Å². The van der Waals surface area contributed by atoms with Gasteiger partial charge in [-0.15, -0.1) is 0 Å². The maximum absolute atomic E-state index is 12.2. The Kier molecular flexibility index (Phi) is 5.53. The van der Waals surface area contributed by atoms with Crippen LogP contribution in [0.15, 0.2) is 11.6 Å². The lowest BCUT2D eigenvalue weighted by molar-refractivity contribution is 0.193. The van der Waals surface area contributed by atoms with E-state index in [1.807, 2.05) is 0 Å². The highest BCUT2D eigenvalue weighted by Gasteiger charge is 2.41. The van der Waals surface area contributed by atoms with Gasteiger partial charge in [-0.25, -0.2) is 13.2 Å². The molecule has 0 spiro atoms. The van der Waals surface area contributed by atoms with Gasteiger partial charge in [0.05, 0.1) is 10.5 Å². The molecule has 0 aromatic rings. The fourth-order valence-corrected chi connectivity index (χ4v) is 4.43. The number of sulfone groups is 1. The number of nitrogens with one attached hydrogen (secondary N) is 1. The number of carbonyl (C=O) groups excluding carboxylic acids is 1. The third-order valence-electron chi connectivity index (χ3n) is 4.69. The fraction of sp³-hybridized carbons (Fsp3) is 0.812. The topological polar surface area (TPSA) is 66.5 Å². The van der Waals surface area contributed by atoms with E-state index in [9.17, 15) is 13.2 Å². The van der Waals surface area contributed by atoms with Gasteiger partial charge in [0.25, 0.3) is 0 Å². The van der Waals surface area contributed by atoms with Crippen molar-refractivity contribution in [3.8, 4) is 0 Å². The molecule has 0 aromatic carbocycles. The van der Waals surface area contributed by atoms with Crippen LogP contribution in [0.25, 0.3) is 0 Å². The molecule has 22 heavy (non-hydrogen) atoms. The Morgan fingerprint density at radius 3 is 2.82 bits per heavy atom. The number of carbonyl (C=O) groups is 1. The SMILES string of the molecule is CC1(C)CN(C(=O)NCCC2=CCCCCC2)CCS1(=O)=O. The second kappa shape index (κ2) is 7.02. The van der Waals surface area contributed by atoms with Gasteiger partial charge in [-0.1, -0.05) is 18.1 Å². The number of rotatable bonds is 3. The Morgan fingerprint density at radius 2 is 2.09 bits per heavy atom. The monoisotopic (exact) mass is 328 g/mol. The first-order chi connectivity index (χ1) is 10.3. The molecule has 0 radical (unpaired) electrons. The highest BCUT2D eigenvalue weighted by atomic mass is 32.2. The molecule has 2 amide bonds. The predicted octanol–water partition coefficient (Wildman–Crippen LogP) is 2.49. The Balaban J connectivity index is 1.79. The first-order valence-corrected chi connectivity index (χ1v) is 9.90. The van der Waals surface area contributed by atoms with Gasteiger partial charge in [0.2, 0.25) is 0 Å². The molecule has 0 aromatic heterocycles. The Bertz CT molecular complexity index is 538. The zero-order chi connectivity index (χ0) is 16.2. The molecule has 6 heteroatoms. The van der Waals surface area contributed by atoms with Crippen molar-refractivity contribution in [1.29, 1.82) is 0 Å². The maximum atomic E-state index is 12.2. The summed E-state index contributed by atoms with van der Waals surface area (Å²) in [5, 5.41) is 2.94. The van der Waals surface area contributed by atoms with Crippen LogP contribution in [0.1, 0.15) is 52.4 Å². The van der Waals surface area contributed by atoms with E-state index in [4.69, 9.17) is 0 Å². The van der Waals surface area contributed by atoms with Crippen LogP contribution in [-0.4, -0.2) is 49.5 Å². The predicted molar refractivity (Wildman–Crippen MR) is 88.6 cm³/mol. The second-order valence-electron chi connectivity index (χ2n) is 6.94. The van der Waals surface area contributed by atoms with E-state index in [0.29, 0.717) is 13.1 Å². The minimum absolute atomic E-state index is 0.0541. The van der Waals surface area contributed by atoms with Crippen LogP contribution in [-0.2, 0) is 9.84 Å². The first-order valence-electron chi connectivity index (χ1n) is 8.25. The zero-order valence-corrected chi connectivity index (χ0v) is 14.5. The van der Waals surface area contributed by atoms with Crippen molar-refractivity contribution in [2.45, 2.75) is 57.1 Å². The van der Waals surface area contributed by atoms with Crippen molar-refractivity contribution in [2.75, 3.05) is 25.4 Å². The van der Waals surface area contributed by atoms with E-state index in [2.05, 4.69) is 11.4 Å². The van der Waals surface area contributed by atoms with Crippen LogP contribution in [0.5, 0.6) is 0 Å². The lowest BCUT2D eigenvalue weighted by atomic mass is 10.1. The number of urea groups is 1. The molecule has 1 saturated heterocycles. The summed E-state index contributed by atoms with van der Waals surface area (Å²) >= 11 is 0. The third-order valence-corrected chi connectivity index (χ3v) is 7.22. The van der Waals surface area contributed by atoms with E-state index >= 15 is 0 Å². The van der Waals surface area contributed by atoms with Gasteiger partial charge in [-0.3, -0.25) is 0 Å². The number of amides is 2. The van der Waals surface area contributed by atoms with E-state index in [1.54, 1.807) is 18.7 Å². The molecule has 126 valence electrons. The smallest absolute Gasteiger partial charge is 0.317 e. The average Bonchev–Trinajstić information content (AvgIpc) is 2.70. The molecule has 1 N–H and O–H groups in total. The normalized spacial score (nSPS) is 24.3. The van der Waals surface area contributed by atoms with E-state index in [0.717, 1.165) is 19.3 Å². The molecule has 0 unspecified atom stereocenters. The molecule has 0 bridgehead atoms. The molecule has 0 atom stereocenters. The molecule has 1 aliphatic heterocycles. The van der Waals surface area contributed by atoms with Crippen molar-refractivity contribution < 1.29 is 13.2 Å². The van der Waals surface area contributed by atoms with Crippen molar-refractivity contribution in [2.24, 2.45) is 0 Å². The number of hydrogen-bond acceptors (Lipinski definition) is 3. The number of hydrogen-bond donors (Lipinski definition) is 1. The van der Waals surface area contributed by atoms with Gasteiger partial charge in [0.15, 0.2) is 9.84 Å². The Hall–Kier alpha value is -1.04. The summed E-state index contributed by atoms with van der Waals surface area (Å²) in [4.78, 5) is 13.8. The van der Waals surface area contributed by atoms with Crippen LogP contribution in [0.4, 0.5) is 4.79 Å². The standard InChI is InChI=1S/C16H28N2O3S/c1-16(2)13-18(11-12-22(16,20)21)15(19)17-10-9-14-7-5-3-4-6-8-14/h7H,3-6,8-13H2,1-2H3,(H,17,19). The molecule has 1 aliphatic carbocycles. The molecule has 1 fully saturated rings. The zero-order valence-electron chi connectivity index (χ0n) is 13.7. The van der Waals surface area contributed by atoms with Crippen molar-refractivity contribution in [1.82, 2.24) is 10.2 Å². The van der Waals surface area contributed by atoms with E-state index in [-0.39, 0.29) is 18.3 Å². The van der Waals surface area contributed by atoms with Crippen molar-refractivity contribution in [3.63, 3.8) is 0 Å². The lowest BCUT2D eigenvalue weighted by Crippen LogP contribution is -2.56. The molecular formula is C16H28N2O3S. The van der Waals surface area contributed by atoms with Gasteiger partial charge >= 0.3 is 6.03 Å². The van der Waals surface area contributed by atoms with E-state index in [1.165, 1.54) is 24.8 Å². The van der Waals surface area contributed by atoms with Crippen LogP contribution < -0.4 is 5.32 Å². The highest BCUT2D eigenvalue weighted by molar-refractivity contribution is 7.92. The highest BCUT2D eigenvalue weighted by Crippen LogP contribution is 2.24. The minimum atomic E-state index is -3.10. The molecule has 1 heterocycles. The van der Waals surface area contributed by atoms with Crippen LogP contribution >= 0.6 is 0 Å². The molecule has 2 aliphatic rings. The van der Waals surface area contributed by atoms with Gasteiger partial charge < -0.3 is 10.2 Å². The Labute approximate surface area is 134 Å². The minimum Gasteiger partial charge on any atom is -0.338 e. The molecule has 5 nitrogen and oxygen atoms in total. The lowest BCUT2D eigenvalue weighted by Gasteiger charge is -2.37. The van der Waals surface area contributed by atoms with Crippen LogP contribution in [0.2, 0.25) is 0 Å². The fourth-order valence-electron chi connectivity index (χ4n) is 3.07. The van der Waals surface area contributed by atoms with Gasteiger partial charge in [0, 0.05) is 19.6 Å². The average molecular weight is 328 g/mol. The van der Waals surface area contributed by atoms with Crippen LogP contribution in [0, 0.1) is 0 Å². The molecule has 0 saturated carbocycles. The number of allylic oxidation sites excluding steroid dienone is 1. The Morgan fingerprint density at radius 1 is 1.32 bits per heavy atom. The summed E-state index contributed by atoms with van der Waals surface area (Å²) in [5.41, 5.74) is 1.44. The summed E-state index contributed by atoms with van der Waals surface area (Å²) in [7, 11) is -3.10. The molecular weight excluding hydrogens is 300 g/mol. The third kappa shape index (κ3) is 4.24. The van der Waals surface area contributed by atoms with E-state index < -0.39 is 14.6 Å². The maximum Gasteiger partial charge on any atom is 0.317 e. The van der Waals surface area contributed by atoms with Gasteiger partial charge in [0.1, 0.15) is 0 Å². The second-order valence-corrected chi connectivity index (χ2v) is 9.69. The summed E-state index contributed by atoms with van der Waals surface area (Å²) in [5.74, 6) is 0.0541. The first kappa shape index (κ1) is 17.3. The van der Waals surface area contributed by atoms with Crippen molar-refractivity contribution >= 4 is 15.9 Å². The summed E-state index contributed by atoms with van der Waals surface area (Å²) < 4.78 is 23.1. The summed E-state index contributed by atoms with van der Waals surface area (Å²) in [6.07, 6.45) is 9.33. The van der Waals surface area contributed by atoms with Crippen molar-refractivity contribution in [3.05, 3.63) is 11.6 Å². The van der Waals surface area contributed by atoms with Gasteiger partial charge in [-0.2, -0.15) is 0 Å².